The molecule has 0 heterocycles. The van der Waals surface area contributed by atoms with E-state index in [1.807, 2.05) is 6.26 Å². The highest BCUT2D eigenvalue weighted by Crippen LogP contribution is 2.39. The summed E-state index contributed by atoms with van der Waals surface area (Å²) in [7, 11) is 0. The summed E-state index contributed by atoms with van der Waals surface area (Å²) in [5.74, 6) is 1.59. The van der Waals surface area contributed by atoms with Crippen molar-refractivity contribution in [3.63, 3.8) is 0 Å². The molecule has 1 aliphatic rings. The van der Waals surface area contributed by atoms with Crippen molar-refractivity contribution in [1.82, 2.24) is 5.32 Å². The first-order valence-electron chi connectivity index (χ1n) is 5.54. The number of carbonyl (C=O) groups is 1. The number of hydrogen-bond donors (Lipinski definition) is 2. The Labute approximate surface area is 96.6 Å². The van der Waals surface area contributed by atoms with Crippen LogP contribution < -0.4 is 11.1 Å². The Kier molecular flexibility index (Phi) is 4.46. The first-order valence-corrected chi connectivity index (χ1v) is 6.93. The van der Waals surface area contributed by atoms with Gasteiger partial charge in [0, 0.05) is 5.54 Å². The summed E-state index contributed by atoms with van der Waals surface area (Å²) in [4.78, 5) is 11.8. The Balaban J connectivity index is 2.33. The molecule has 1 amide bonds. The Morgan fingerprint density at radius 1 is 1.60 bits per heavy atom. The Bertz CT molecular complexity index is 227. The van der Waals surface area contributed by atoms with Gasteiger partial charge in [0.25, 0.3) is 0 Å². The zero-order valence-corrected chi connectivity index (χ0v) is 10.7. The molecule has 0 spiro atoms. The average Bonchev–Trinajstić information content (AvgIpc) is 2.96. The van der Waals surface area contributed by atoms with Crippen LogP contribution >= 0.6 is 11.8 Å². The van der Waals surface area contributed by atoms with E-state index in [4.69, 9.17) is 5.73 Å². The van der Waals surface area contributed by atoms with E-state index < -0.39 is 0 Å². The van der Waals surface area contributed by atoms with Gasteiger partial charge in [-0.2, -0.15) is 11.8 Å². The largest absolute Gasteiger partial charge is 0.350 e. The maximum absolute atomic E-state index is 11.8. The fraction of sp³-hybridized carbons (Fsp3) is 0.909. The van der Waals surface area contributed by atoms with Gasteiger partial charge in [0.1, 0.15) is 0 Å². The lowest BCUT2D eigenvalue weighted by Gasteiger charge is -2.27. The van der Waals surface area contributed by atoms with Gasteiger partial charge >= 0.3 is 0 Å². The maximum atomic E-state index is 11.8. The van der Waals surface area contributed by atoms with Gasteiger partial charge in [0.05, 0.1) is 6.04 Å². The van der Waals surface area contributed by atoms with E-state index in [0.717, 1.165) is 12.2 Å². The van der Waals surface area contributed by atoms with Gasteiger partial charge < -0.3 is 11.1 Å². The van der Waals surface area contributed by atoms with Gasteiger partial charge in [-0.05, 0) is 51.0 Å². The third-order valence-electron chi connectivity index (χ3n) is 3.01. The fourth-order valence-corrected chi connectivity index (χ4v) is 2.18. The molecular weight excluding hydrogens is 208 g/mol. The monoisotopic (exact) mass is 230 g/mol. The summed E-state index contributed by atoms with van der Waals surface area (Å²) in [6, 6.07) is -0.351. The van der Waals surface area contributed by atoms with Crippen molar-refractivity contribution in [2.45, 2.75) is 44.7 Å². The van der Waals surface area contributed by atoms with E-state index in [1.165, 1.54) is 12.8 Å². The first kappa shape index (κ1) is 12.8. The SMILES string of the molecule is CSCC[C@@H](N)C(=O)NC(C)(C)C1CC1. The van der Waals surface area contributed by atoms with Crippen molar-refractivity contribution in [1.29, 1.82) is 0 Å². The van der Waals surface area contributed by atoms with E-state index in [0.29, 0.717) is 5.92 Å². The molecule has 0 aromatic heterocycles. The molecule has 1 rings (SSSR count). The quantitative estimate of drug-likeness (QED) is 0.724. The van der Waals surface area contributed by atoms with Crippen molar-refractivity contribution < 1.29 is 4.79 Å². The minimum atomic E-state index is -0.351. The second-order valence-electron chi connectivity index (χ2n) is 4.87. The standard InChI is InChI=1S/C11H22N2OS/c1-11(2,8-4-5-8)13-10(14)9(12)6-7-15-3/h8-9H,4-7,12H2,1-3H3,(H,13,14)/t9-/m1/s1. The molecule has 0 radical (unpaired) electrons. The Morgan fingerprint density at radius 3 is 2.67 bits per heavy atom. The molecule has 1 fully saturated rings. The summed E-state index contributed by atoms with van der Waals surface area (Å²) < 4.78 is 0. The van der Waals surface area contributed by atoms with Crippen LogP contribution in [0.5, 0.6) is 0 Å². The molecule has 1 atom stereocenters. The lowest BCUT2D eigenvalue weighted by atomic mass is 9.98. The maximum Gasteiger partial charge on any atom is 0.237 e. The Morgan fingerprint density at radius 2 is 2.20 bits per heavy atom. The van der Waals surface area contributed by atoms with E-state index in [9.17, 15) is 4.79 Å². The molecule has 0 aliphatic heterocycles. The summed E-state index contributed by atoms with van der Waals surface area (Å²) in [6.45, 7) is 4.17. The van der Waals surface area contributed by atoms with Crippen LogP contribution in [0.4, 0.5) is 0 Å². The predicted octanol–water partition coefficient (Wildman–Crippen LogP) is 1.37. The Hall–Kier alpha value is -0.220. The van der Waals surface area contributed by atoms with Crippen molar-refractivity contribution in [3.05, 3.63) is 0 Å². The second-order valence-corrected chi connectivity index (χ2v) is 5.86. The summed E-state index contributed by atoms with van der Waals surface area (Å²) >= 11 is 1.72. The van der Waals surface area contributed by atoms with Gasteiger partial charge in [-0.25, -0.2) is 0 Å². The lowest BCUT2D eigenvalue weighted by molar-refractivity contribution is -0.124. The zero-order chi connectivity index (χ0) is 11.5. The van der Waals surface area contributed by atoms with Crippen molar-refractivity contribution >= 4 is 17.7 Å². The molecule has 15 heavy (non-hydrogen) atoms. The third kappa shape index (κ3) is 4.03. The van der Waals surface area contributed by atoms with Gasteiger partial charge in [-0.1, -0.05) is 0 Å². The van der Waals surface area contributed by atoms with Crippen LogP contribution in [0.1, 0.15) is 33.1 Å². The van der Waals surface area contributed by atoms with Gasteiger partial charge in [-0.3, -0.25) is 4.79 Å². The van der Waals surface area contributed by atoms with Gasteiger partial charge in [0.15, 0.2) is 0 Å². The zero-order valence-electron chi connectivity index (χ0n) is 9.88. The molecular formula is C11H22N2OS. The number of thioether (sulfide) groups is 1. The number of amides is 1. The van der Waals surface area contributed by atoms with Crippen molar-refractivity contribution in [2.24, 2.45) is 11.7 Å². The lowest BCUT2D eigenvalue weighted by Crippen LogP contribution is -2.51. The van der Waals surface area contributed by atoms with E-state index in [2.05, 4.69) is 19.2 Å². The molecule has 3 nitrogen and oxygen atoms in total. The smallest absolute Gasteiger partial charge is 0.237 e. The number of nitrogens with two attached hydrogens (primary N) is 1. The molecule has 3 N–H and O–H groups in total. The molecule has 88 valence electrons. The van der Waals surface area contributed by atoms with Gasteiger partial charge in [-0.15, -0.1) is 0 Å². The van der Waals surface area contributed by atoms with E-state index in [-0.39, 0.29) is 17.5 Å². The summed E-state index contributed by atoms with van der Waals surface area (Å²) in [5.41, 5.74) is 5.73. The van der Waals surface area contributed by atoms with Crippen LogP contribution in [0, 0.1) is 5.92 Å². The predicted molar refractivity (Wildman–Crippen MR) is 65.9 cm³/mol. The van der Waals surface area contributed by atoms with Crippen LogP contribution in [-0.4, -0.2) is 29.5 Å². The summed E-state index contributed by atoms with van der Waals surface area (Å²) in [6.07, 6.45) is 5.24. The van der Waals surface area contributed by atoms with Crippen LogP contribution in [0.15, 0.2) is 0 Å². The number of nitrogens with one attached hydrogen (secondary N) is 1. The fourth-order valence-electron chi connectivity index (χ4n) is 1.69. The first-order chi connectivity index (χ1) is 6.97. The number of carbonyl (C=O) groups excluding carboxylic acids is 1. The molecule has 1 saturated carbocycles. The number of hydrogen-bond acceptors (Lipinski definition) is 3. The highest BCUT2D eigenvalue weighted by molar-refractivity contribution is 7.98. The van der Waals surface area contributed by atoms with Gasteiger partial charge in [0.2, 0.25) is 5.91 Å². The van der Waals surface area contributed by atoms with Crippen molar-refractivity contribution in [2.75, 3.05) is 12.0 Å². The van der Waals surface area contributed by atoms with E-state index >= 15 is 0 Å². The molecule has 0 aromatic rings. The van der Waals surface area contributed by atoms with Crippen LogP contribution in [0.2, 0.25) is 0 Å². The van der Waals surface area contributed by atoms with Crippen molar-refractivity contribution in [3.8, 4) is 0 Å². The molecule has 4 heteroatoms. The molecule has 1 aliphatic carbocycles. The second kappa shape index (κ2) is 5.21. The minimum Gasteiger partial charge on any atom is -0.350 e. The topological polar surface area (TPSA) is 55.1 Å². The van der Waals surface area contributed by atoms with Crippen LogP contribution in [-0.2, 0) is 4.79 Å². The highest BCUT2D eigenvalue weighted by Gasteiger charge is 2.39. The van der Waals surface area contributed by atoms with Crippen LogP contribution in [0.25, 0.3) is 0 Å². The molecule has 0 saturated heterocycles. The summed E-state index contributed by atoms with van der Waals surface area (Å²) in [5, 5.41) is 3.05. The van der Waals surface area contributed by atoms with E-state index in [1.54, 1.807) is 11.8 Å². The highest BCUT2D eigenvalue weighted by atomic mass is 32.2. The molecule has 0 bridgehead atoms. The van der Waals surface area contributed by atoms with Crippen LogP contribution in [0.3, 0.4) is 0 Å². The average molecular weight is 230 g/mol. The number of rotatable bonds is 6. The molecule has 0 unspecified atom stereocenters. The molecule has 0 aromatic carbocycles. The normalized spacial score (nSPS) is 18.7. The third-order valence-corrected chi connectivity index (χ3v) is 3.66. The minimum absolute atomic E-state index is 0.000880.